The fourth-order valence-electron chi connectivity index (χ4n) is 3.99. The second-order valence-corrected chi connectivity index (χ2v) is 8.01. The van der Waals surface area contributed by atoms with Crippen molar-refractivity contribution in [1.29, 1.82) is 0 Å². The lowest BCUT2D eigenvalue weighted by atomic mass is 10.0. The third kappa shape index (κ3) is 3.03. The van der Waals surface area contributed by atoms with E-state index in [-0.39, 0.29) is 5.91 Å². The molecule has 0 bridgehead atoms. The maximum Gasteiger partial charge on any atom is 0.340 e. The fraction of sp³-hybridized carbons (Fsp3) is 0.333. The van der Waals surface area contributed by atoms with Crippen molar-refractivity contribution in [2.75, 3.05) is 13.2 Å². The van der Waals surface area contributed by atoms with Gasteiger partial charge in [0, 0.05) is 51.8 Å². The van der Waals surface area contributed by atoms with Gasteiger partial charge in [0.2, 0.25) is 0 Å². The third-order valence-electron chi connectivity index (χ3n) is 5.36. The summed E-state index contributed by atoms with van der Waals surface area (Å²) in [5.74, 6) is -0.485. The molecule has 1 aliphatic heterocycles. The van der Waals surface area contributed by atoms with Gasteiger partial charge in [-0.3, -0.25) is 4.79 Å². The fourth-order valence-corrected chi connectivity index (χ4v) is 4.35. The molecule has 2 aromatic heterocycles. The molecule has 0 spiro atoms. The van der Waals surface area contributed by atoms with Crippen molar-refractivity contribution in [3.05, 3.63) is 56.4 Å². The van der Waals surface area contributed by atoms with Gasteiger partial charge < -0.3 is 19.6 Å². The number of aryl methyl sites for hydroxylation is 1. The predicted molar refractivity (Wildman–Crippen MR) is 111 cm³/mol. The van der Waals surface area contributed by atoms with Gasteiger partial charge >= 0.3 is 5.97 Å². The van der Waals surface area contributed by atoms with Crippen LogP contribution in [0.2, 0.25) is 0 Å². The first kappa shape index (κ1) is 18.8. The molecule has 28 heavy (non-hydrogen) atoms. The third-order valence-corrected chi connectivity index (χ3v) is 5.85. The molecule has 146 valence electrons. The topological polar surface area (TPSA) is 78.2 Å². The highest BCUT2D eigenvalue weighted by molar-refractivity contribution is 9.10. The zero-order chi connectivity index (χ0) is 20.0. The van der Waals surface area contributed by atoms with E-state index in [0.717, 1.165) is 27.4 Å². The molecule has 0 atom stereocenters. The number of carbonyl (C=O) groups excluding carboxylic acids is 2. The van der Waals surface area contributed by atoms with Gasteiger partial charge in [0.25, 0.3) is 5.91 Å². The molecule has 1 aromatic carbocycles. The lowest BCUT2D eigenvalue weighted by Crippen LogP contribution is -2.36. The molecule has 3 heterocycles. The van der Waals surface area contributed by atoms with Gasteiger partial charge in [-0.1, -0.05) is 15.9 Å². The molecule has 0 unspecified atom stereocenters. The van der Waals surface area contributed by atoms with Crippen molar-refractivity contribution < 1.29 is 14.3 Å². The highest BCUT2D eigenvalue weighted by Crippen LogP contribution is 2.31. The predicted octanol–water partition coefficient (Wildman–Crippen LogP) is 4.25. The number of ether oxygens (including phenoxy) is 1. The van der Waals surface area contributed by atoms with Crippen LogP contribution < -0.4 is 0 Å². The molecule has 2 N–H and O–H groups in total. The number of nitrogens with one attached hydrogen (secondary N) is 2. The van der Waals surface area contributed by atoms with Crippen molar-refractivity contribution in [1.82, 2.24) is 14.9 Å². The van der Waals surface area contributed by atoms with Crippen LogP contribution in [-0.4, -0.2) is 39.9 Å². The molecule has 0 aliphatic carbocycles. The number of halogens is 1. The molecule has 4 rings (SSSR count). The second-order valence-electron chi connectivity index (χ2n) is 7.09. The summed E-state index contributed by atoms with van der Waals surface area (Å²) < 4.78 is 6.15. The zero-order valence-corrected chi connectivity index (χ0v) is 17.7. The normalized spacial score (nSPS) is 13.6. The highest BCUT2D eigenvalue weighted by atomic mass is 79.9. The van der Waals surface area contributed by atoms with Crippen LogP contribution in [0.5, 0.6) is 0 Å². The van der Waals surface area contributed by atoms with E-state index in [9.17, 15) is 9.59 Å². The number of esters is 1. The maximum atomic E-state index is 13.2. The molecule has 1 aliphatic rings. The first-order valence-electron chi connectivity index (χ1n) is 9.35. The number of amides is 1. The summed E-state index contributed by atoms with van der Waals surface area (Å²) in [6, 6.07) is 6.14. The van der Waals surface area contributed by atoms with Gasteiger partial charge in [0.05, 0.1) is 12.2 Å². The van der Waals surface area contributed by atoms with E-state index in [0.29, 0.717) is 42.2 Å². The molecule has 7 heteroatoms. The number of benzene rings is 1. The van der Waals surface area contributed by atoms with Crippen molar-refractivity contribution in [2.24, 2.45) is 0 Å². The SMILES string of the molecule is CCOC(=O)c1c(C)[nH]c(C(=O)N2CCc3[nH]c4ccc(Br)cc4c3C2)c1C. The Morgan fingerprint density at radius 3 is 2.79 bits per heavy atom. The van der Waals surface area contributed by atoms with Gasteiger partial charge in [-0.05, 0) is 44.5 Å². The van der Waals surface area contributed by atoms with Gasteiger partial charge in [-0.2, -0.15) is 0 Å². The summed E-state index contributed by atoms with van der Waals surface area (Å²) in [5, 5.41) is 1.13. The number of aromatic nitrogens is 2. The molecule has 0 fully saturated rings. The molecular weight excluding hydrogens is 422 g/mol. The molecule has 6 nitrogen and oxygen atoms in total. The minimum atomic E-state index is -0.393. The number of hydrogen-bond acceptors (Lipinski definition) is 3. The standard InChI is InChI=1S/C21H22BrN3O3/c1-4-28-21(27)18-11(2)19(23-12(18)3)20(26)25-8-7-17-15(10-25)14-9-13(22)5-6-16(14)24-17/h5-6,9,23-24H,4,7-8,10H2,1-3H3. The summed E-state index contributed by atoms with van der Waals surface area (Å²) in [6.07, 6.45) is 0.775. The van der Waals surface area contributed by atoms with Gasteiger partial charge in [0.15, 0.2) is 0 Å². The van der Waals surface area contributed by atoms with Crippen LogP contribution >= 0.6 is 15.9 Å². The Kier molecular flexibility index (Phi) is 4.79. The summed E-state index contributed by atoms with van der Waals surface area (Å²) in [4.78, 5) is 33.9. The quantitative estimate of drug-likeness (QED) is 0.593. The Balaban J connectivity index is 1.66. The van der Waals surface area contributed by atoms with Gasteiger partial charge in [-0.25, -0.2) is 4.79 Å². The Morgan fingerprint density at radius 2 is 2.04 bits per heavy atom. The maximum absolute atomic E-state index is 13.2. The lowest BCUT2D eigenvalue weighted by molar-refractivity contribution is 0.0525. The number of hydrogen-bond donors (Lipinski definition) is 2. The van der Waals surface area contributed by atoms with Crippen molar-refractivity contribution in [2.45, 2.75) is 33.7 Å². The zero-order valence-electron chi connectivity index (χ0n) is 16.1. The number of nitrogens with zero attached hydrogens (tertiary/aromatic N) is 1. The highest BCUT2D eigenvalue weighted by Gasteiger charge is 2.29. The van der Waals surface area contributed by atoms with Crippen LogP contribution in [0.25, 0.3) is 10.9 Å². The van der Waals surface area contributed by atoms with E-state index >= 15 is 0 Å². The molecule has 0 radical (unpaired) electrons. The van der Waals surface area contributed by atoms with E-state index in [1.807, 2.05) is 17.0 Å². The first-order valence-corrected chi connectivity index (χ1v) is 10.1. The average molecular weight is 444 g/mol. The number of carbonyl (C=O) groups is 2. The Labute approximate surface area is 171 Å². The summed E-state index contributed by atoms with van der Waals surface area (Å²) in [5.41, 5.74) is 5.65. The number of fused-ring (bicyclic) bond motifs is 3. The van der Waals surface area contributed by atoms with Crippen LogP contribution in [0.3, 0.4) is 0 Å². The molecule has 1 amide bonds. The molecule has 0 saturated carbocycles. The minimum Gasteiger partial charge on any atom is -0.462 e. The second kappa shape index (κ2) is 7.13. The van der Waals surface area contributed by atoms with Crippen LogP contribution in [0, 0.1) is 13.8 Å². The lowest BCUT2D eigenvalue weighted by Gasteiger charge is -2.27. The summed E-state index contributed by atoms with van der Waals surface area (Å²) in [6.45, 7) is 6.83. The van der Waals surface area contributed by atoms with E-state index < -0.39 is 5.97 Å². The Hall–Kier alpha value is -2.54. The minimum absolute atomic E-state index is 0.0915. The molecule has 3 aromatic rings. The summed E-state index contributed by atoms with van der Waals surface area (Å²) >= 11 is 3.53. The number of rotatable bonds is 3. The monoisotopic (exact) mass is 443 g/mol. The van der Waals surface area contributed by atoms with E-state index in [1.165, 1.54) is 5.69 Å². The van der Waals surface area contributed by atoms with Gasteiger partial charge in [-0.15, -0.1) is 0 Å². The van der Waals surface area contributed by atoms with Crippen molar-refractivity contribution in [3.63, 3.8) is 0 Å². The smallest absolute Gasteiger partial charge is 0.340 e. The van der Waals surface area contributed by atoms with Gasteiger partial charge in [0.1, 0.15) is 5.69 Å². The van der Waals surface area contributed by atoms with Crippen molar-refractivity contribution >= 4 is 38.7 Å². The molecular formula is C21H22BrN3O3. The Bertz CT molecular complexity index is 1100. The number of aromatic amines is 2. The van der Waals surface area contributed by atoms with E-state index in [1.54, 1.807) is 20.8 Å². The van der Waals surface area contributed by atoms with E-state index in [4.69, 9.17) is 4.74 Å². The van der Waals surface area contributed by atoms with Crippen molar-refractivity contribution in [3.8, 4) is 0 Å². The first-order chi connectivity index (χ1) is 13.4. The molecule has 0 saturated heterocycles. The number of H-pyrrole nitrogens is 2. The average Bonchev–Trinajstić information content (AvgIpc) is 3.17. The Morgan fingerprint density at radius 1 is 1.25 bits per heavy atom. The van der Waals surface area contributed by atoms with E-state index in [2.05, 4.69) is 32.0 Å². The largest absolute Gasteiger partial charge is 0.462 e. The van der Waals surface area contributed by atoms with Crippen LogP contribution in [-0.2, 0) is 17.7 Å². The van der Waals surface area contributed by atoms with Crippen LogP contribution in [0.1, 0.15) is 50.3 Å². The van der Waals surface area contributed by atoms with Crippen LogP contribution in [0.4, 0.5) is 0 Å². The van der Waals surface area contributed by atoms with Crippen LogP contribution in [0.15, 0.2) is 22.7 Å². The summed E-state index contributed by atoms with van der Waals surface area (Å²) in [7, 11) is 0.